The number of nitrogen functional groups attached to an aromatic ring is 1. The van der Waals surface area contributed by atoms with Crippen LogP contribution in [-0.2, 0) is 0 Å². The lowest BCUT2D eigenvalue weighted by molar-refractivity contribution is -0.384. The lowest BCUT2D eigenvalue weighted by Gasteiger charge is -2.27. The second-order valence-electron chi connectivity index (χ2n) is 4.98. The maximum Gasteiger partial charge on any atom is 0.271 e. The van der Waals surface area contributed by atoms with Crippen LogP contribution >= 0.6 is 11.8 Å². The molecule has 6 heteroatoms. The standard InChI is InChI=1S/C13H19N3O2S/c1-19-13(6-2-3-7-13)9-15-12-5-4-10(16(17)18)8-11(12)14/h4-5,8,15H,2-3,6-7,9,14H2,1H3. The number of nitro groups is 1. The average Bonchev–Trinajstić information content (AvgIpc) is 2.86. The van der Waals surface area contributed by atoms with Gasteiger partial charge in [0.25, 0.3) is 5.69 Å². The molecule has 19 heavy (non-hydrogen) atoms. The van der Waals surface area contributed by atoms with Crippen LogP contribution in [0.1, 0.15) is 25.7 Å². The maximum absolute atomic E-state index is 10.7. The number of non-ortho nitro benzene ring substituents is 1. The number of benzene rings is 1. The zero-order valence-corrected chi connectivity index (χ0v) is 11.8. The zero-order valence-electron chi connectivity index (χ0n) is 11.0. The molecule has 0 unspecified atom stereocenters. The lowest BCUT2D eigenvalue weighted by Crippen LogP contribution is -2.30. The zero-order chi connectivity index (χ0) is 13.9. The van der Waals surface area contributed by atoms with Crippen LogP contribution in [0, 0.1) is 10.1 Å². The van der Waals surface area contributed by atoms with Crippen molar-refractivity contribution in [2.45, 2.75) is 30.4 Å². The van der Waals surface area contributed by atoms with Crippen molar-refractivity contribution in [2.24, 2.45) is 0 Å². The normalized spacial score (nSPS) is 17.3. The molecule has 1 aliphatic carbocycles. The number of nitro benzene ring substituents is 1. The molecule has 0 atom stereocenters. The molecular formula is C13H19N3O2S. The fourth-order valence-electron chi connectivity index (χ4n) is 2.55. The van der Waals surface area contributed by atoms with Gasteiger partial charge in [-0.05, 0) is 25.2 Å². The SMILES string of the molecule is CSC1(CNc2ccc([N+](=O)[O-])cc2N)CCCC1. The van der Waals surface area contributed by atoms with Gasteiger partial charge in [0.1, 0.15) is 0 Å². The fraction of sp³-hybridized carbons (Fsp3) is 0.538. The third-order valence-electron chi connectivity index (χ3n) is 3.79. The van der Waals surface area contributed by atoms with E-state index in [0.29, 0.717) is 5.69 Å². The summed E-state index contributed by atoms with van der Waals surface area (Å²) >= 11 is 1.90. The van der Waals surface area contributed by atoms with Crippen LogP contribution in [0.15, 0.2) is 18.2 Å². The van der Waals surface area contributed by atoms with Crippen LogP contribution in [0.3, 0.4) is 0 Å². The highest BCUT2D eigenvalue weighted by Crippen LogP contribution is 2.40. The Morgan fingerprint density at radius 2 is 2.16 bits per heavy atom. The first kappa shape index (κ1) is 14.0. The summed E-state index contributed by atoms with van der Waals surface area (Å²) < 4.78 is 0.286. The fourth-order valence-corrected chi connectivity index (χ4v) is 3.47. The van der Waals surface area contributed by atoms with Gasteiger partial charge < -0.3 is 11.1 Å². The van der Waals surface area contributed by atoms with E-state index in [4.69, 9.17) is 5.73 Å². The Hall–Kier alpha value is -1.43. The topological polar surface area (TPSA) is 81.2 Å². The molecule has 104 valence electrons. The molecule has 1 saturated carbocycles. The van der Waals surface area contributed by atoms with Gasteiger partial charge in [-0.2, -0.15) is 11.8 Å². The first-order valence-corrected chi connectivity index (χ1v) is 7.62. The van der Waals surface area contributed by atoms with Crippen molar-refractivity contribution in [1.82, 2.24) is 0 Å². The summed E-state index contributed by atoms with van der Waals surface area (Å²) in [6.45, 7) is 0.857. The van der Waals surface area contributed by atoms with E-state index < -0.39 is 4.92 Å². The van der Waals surface area contributed by atoms with Gasteiger partial charge in [0, 0.05) is 23.4 Å². The Kier molecular flexibility index (Phi) is 4.19. The predicted molar refractivity (Wildman–Crippen MR) is 80.7 cm³/mol. The number of rotatable bonds is 5. The number of anilines is 2. The molecule has 0 aromatic heterocycles. The summed E-state index contributed by atoms with van der Waals surface area (Å²) in [4.78, 5) is 10.2. The van der Waals surface area contributed by atoms with E-state index in [1.165, 1.54) is 37.8 Å². The number of nitrogens with two attached hydrogens (primary N) is 1. The van der Waals surface area contributed by atoms with Gasteiger partial charge in [-0.3, -0.25) is 10.1 Å². The summed E-state index contributed by atoms with van der Waals surface area (Å²) in [6, 6.07) is 4.58. The molecule has 0 saturated heterocycles. The van der Waals surface area contributed by atoms with Gasteiger partial charge in [0.05, 0.1) is 16.3 Å². The molecular weight excluding hydrogens is 262 g/mol. The Balaban J connectivity index is 2.05. The van der Waals surface area contributed by atoms with Crippen LogP contribution in [-0.4, -0.2) is 22.5 Å². The van der Waals surface area contributed by atoms with Crippen LogP contribution in [0.4, 0.5) is 17.1 Å². The molecule has 3 N–H and O–H groups in total. The highest BCUT2D eigenvalue weighted by molar-refractivity contribution is 8.00. The first-order chi connectivity index (χ1) is 9.06. The smallest absolute Gasteiger partial charge is 0.271 e. The largest absolute Gasteiger partial charge is 0.397 e. The summed E-state index contributed by atoms with van der Waals surface area (Å²) in [5.74, 6) is 0. The first-order valence-electron chi connectivity index (χ1n) is 6.39. The van der Waals surface area contributed by atoms with Gasteiger partial charge in [-0.15, -0.1) is 0 Å². The van der Waals surface area contributed by atoms with Crippen LogP contribution in [0.2, 0.25) is 0 Å². The molecule has 1 aromatic carbocycles. The van der Waals surface area contributed by atoms with Gasteiger partial charge in [0.15, 0.2) is 0 Å². The average molecular weight is 281 g/mol. The minimum Gasteiger partial charge on any atom is -0.397 e. The summed E-state index contributed by atoms with van der Waals surface area (Å²) in [6.07, 6.45) is 7.13. The van der Waals surface area contributed by atoms with Crippen LogP contribution in [0.25, 0.3) is 0 Å². The lowest BCUT2D eigenvalue weighted by atomic mass is 10.1. The van der Waals surface area contributed by atoms with E-state index in [1.807, 2.05) is 11.8 Å². The molecule has 0 radical (unpaired) electrons. The number of nitrogens with zero attached hydrogens (tertiary/aromatic N) is 1. The highest BCUT2D eigenvalue weighted by Gasteiger charge is 2.32. The summed E-state index contributed by atoms with van der Waals surface area (Å²) in [5.41, 5.74) is 7.10. The Morgan fingerprint density at radius 1 is 1.47 bits per heavy atom. The summed E-state index contributed by atoms with van der Waals surface area (Å²) in [7, 11) is 0. The van der Waals surface area contributed by atoms with Crippen molar-refractivity contribution in [3.63, 3.8) is 0 Å². The second-order valence-corrected chi connectivity index (χ2v) is 6.25. The maximum atomic E-state index is 10.7. The molecule has 1 aromatic rings. The monoisotopic (exact) mass is 281 g/mol. The van der Waals surface area contributed by atoms with Gasteiger partial charge in [-0.25, -0.2) is 0 Å². The van der Waals surface area contributed by atoms with Gasteiger partial charge in [-0.1, -0.05) is 12.8 Å². The van der Waals surface area contributed by atoms with E-state index in [1.54, 1.807) is 6.07 Å². The van der Waals surface area contributed by atoms with Crippen molar-refractivity contribution in [2.75, 3.05) is 23.9 Å². The number of hydrogen-bond donors (Lipinski definition) is 2. The van der Waals surface area contributed by atoms with Crippen molar-refractivity contribution >= 4 is 28.8 Å². The molecule has 5 nitrogen and oxygen atoms in total. The molecule has 0 heterocycles. The van der Waals surface area contributed by atoms with E-state index in [2.05, 4.69) is 11.6 Å². The molecule has 2 rings (SSSR count). The second kappa shape index (κ2) is 5.69. The van der Waals surface area contributed by atoms with Gasteiger partial charge >= 0.3 is 0 Å². The molecule has 0 spiro atoms. The van der Waals surface area contributed by atoms with Crippen molar-refractivity contribution < 1.29 is 4.92 Å². The molecule has 1 aliphatic rings. The van der Waals surface area contributed by atoms with E-state index in [-0.39, 0.29) is 10.4 Å². The van der Waals surface area contributed by atoms with E-state index in [9.17, 15) is 10.1 Å². The van der Waals surface area contributed by atoms with Crippen molar-refractivity contribution in [3.05, 3.63) is 28.3 Å². The van der Waals surface area contributed by atoms with Crippen molar-refractivity contribution in [3.8, 4) is 0 Å². The third kappa shape index (κ3) is 3.12. The van der Waals surface area contributed by atoms with Crippen LogP contribution < -0.4 is 11.1 Å². The number of thioether (sulfide) groups is 1. The Bertz CT molecular complexity index is 473. The number of nitrogens with one attached hydrogen (secondary N) is 1. The molecule has 0 amide bonds. The summed E-state index contributed by atoms with van der Waals surface area (Å²) in [5, 5.41) is 14.0. The Morgan fingerprint density at radius 3 is 2.68 bits per heavy atom. The minimum atomic E-state index is -0.430. The predicted octanol–water partition coefficient (Wildman–Crippen LogP) is 3.26. The van der Waals surface area contributed by atoms with E-state index in [0.717, 1.165) is 12.2 Å². The van der Waals surface area contributed by atoms with Crippen LogP contribution in [0.5, 0.6) is 0 Å². The van der Waals surface area contributed by atoms with Crippen molar-refractivity contribution in [1.29, 1.82) is 0 Å². The highest BCUT2D eigenvalue weighted by atomic mass is 32.2. The quantitative estimate of drug-likeness (QED) is 0.492. The van der Waals surface area contributed by atoms with E-state index >= 15 is 0 Å². The molecule has 0 bridgehead atoms. The third-order valence-corrected chi connectivity index (χ3v) is 5.21. The molecule has 0 aliphatic heterocycles. The minimum absolute atomic E-state index is 0.0310. The number of hydrogen-bond acceptors (Lipinski definition) is 5. The van der Waals surface area contributed by atoms with Gasteiger partial charge in [0.2, 0.25) is 0 Å². The Labute approximate surface area is 117 Å². The molecule has 1 fully saturated rings.